The van der Waals surface area contributed by atoms with Crippen LogP contribution in [0.3, 0.4) is 0 Å². The smallest absolute Gasteiger partial charge is 0.320 e. The molecular weight excluding hydrogens is 1890 g/mol. The summed E-state index contributed by atoms with van der Waals surface area (Å²) < 4.78 is 86.0. The minimum atomic E-state index is -3.76. The average molecular weight is 2010 g/mol. The molecule has 0 bridgehead atoms. The van der Waals surface area contributed by atoms with Gasteiger partial charge < -0.3 is 55.6 Å². The van der Waals surface area contributed by atoms with Crippen molar-refractivity contribution in [2.24, 2.45) is 14.1 Å². The second kappa shape index (κ2) is 50.7. The number of nitriles is 4. The second-order valence-electron chi connectivity index (χ2n) is 36.9. The van der Waals surface area contributed by atoms with Gasteiger partial charge in [0.25, 0.3) is 29.1 Å². The number of carbonyl (C=O) groups is 4. The molecule has 36 nitrogen and oxygen atoms in total. The van der Waals surface area contributed by atoms with E-state index in [0.29, 0.717) is 124 Å². The summed E-state index contributed by atoms with van der Waals surface area (Å²) in [6, 6.07) is 62.8. The highest BCUT2D eigenvalue weighted by atomic mass is 32.2. The first-order valence-electron chi connectivity index (χ1n) is 48.1. The fraction of sp³-hybridized carbons (Fsp3) is 0.371. The van der Waals surface area contributed by atoms with Gasteiger partial charge in [0.2, 0.25) is 20.0 Å². The van der Waals surface area contributed by atoms with Crippen molar-refractivity contribution in [1.82, 2.24) is 95.4 Å². The summed E-state index contributed by atoms with van der Waals surface area (Å²) in [6.07, 6.45) is 32.4. The molecule has 754 valence electrons. The molecule has 9 N–H and O–H groups in total. The molecule has 10 aromatic rings. The Kier molecular flexibility index (Phi) is 37.2. The Hall–Kier alpha value is -15.8. The third-order valence-electron chi connectivity index (χ3n) is 26.2. The molecule has 8 fully saturated rings. The molecule has 1 saturated carbocycles. The lowest BCUT2D eigenvalue weighted by molar-refractivity contribution is -0.534. The van der Waals surface area contributed by atoms with Crippen LogP contribution in [0.4, 0.5) is 30.8 Å². The number of piperidine rings is 1. The molecule has 145 heavy (non-hydrogen) atoms. The maximum absolute atomic E-state index is 13.8. The van der Waals surface area contributed by atoms with Crippen molar-refractivity contribution in [3.63, 3.8) is 0 Å². The summed E-state index contributed by atoms with van der Waals surface area (Å²) in [5.41, 5.74) is 16.6. The second-order valence-corrected chi connectivity index (χ2v) is 40.3. The molecular formula is C105H120F2N26O10S2+2. The number of urea groups is 1. The number of amides is 5. The first-order chi connectivity index (χ1) is 69.8. The molecule has 2 aromatic heterocycles. The zero-order valence-corrected chi connectivity index (χ0v) is 83.1. The van der Waals surface area contributed by atoms with Gasteiger partial charge in [0.05, 0.1) is 44.9 Å². The highest BCUT2D eigenvalue weighted by Gasteiger charge is 2.38. The van der Waals surface area contributed by atoms with Crippen molar-refractivity contribution < 1.29 is 54.5 Å². The Bertz CT molecular complexity index is 6700. The zero-order valence-electron chi connectivity index (χ0n) is 81.5. The average Bonchev–Trinajstić information content (AvgIpc) is 1.66. The van der Waals surface area contributed by atoms with Crippen LogP contribution >= 0.6 is 0 Å². The highest BCUT2D eigenvalue weighted by molar-refractivity contribution is 7.89. The van der Waals surface area contributed by atoms with E-state index in [1.807, 2.05) is 155 Å². The largest absolute Gasteiger partial charge is 0.348 e. The van der Waals surface area contributed by atoms with Crippen molar-refractivity contribution in [2.45, 2.75) is 149 Å². The molecule has 9 heterocycles. The van der Waals surface area contributed by atoms with E-state index in [9.17, 15) is 54.6 Å². The van der Waals surface area contributed by atoms with E-state index in [1.54, 1.807) is 64.1 Å². The van der Waals surface area contributed by atoms with E-state index in [-0.39, 0.29) is 93.1 Å². The maximum atomic E-state index is 13.8. The lowest BCUT2D eigenvalue weighted by Crippen LogP contribution is -2.46. The first-order valence-corrected chi connectivity index (χ1v) is 51.1. The number of hydrazine groups is 2. The normalized spacial score (nSPS) is 19.4. The van der Waals surface area contributed by atoms with Crippen molar-refractivity contribution in [2.75, 3.05) is 104 Å². The Morgan fingerprint density at radius 3 is 1.30 bits per heavy atom. The molecule has 0 radical (unpaired) electrons. The number of hydrogen-bond acceptors (Lipinski definition) is 23. The molecule has 0 spiro atoms. The van der Waals surface area contributed by atoms with Gasteiger partial charge in [-0.15, -0.1) is 10.9 Å². The number of sulfonamides is 2. The van der Waals surface area contributed by atoms with Crippen LogP contribution in [0, 0.1) is 106 Å². The summed E-state index contributed by atoms with van der Waals surface area (Å²) in [5.74, 6) is -1.71. The number of nitrogens with one attached hydrogen (secondary N) is 9. The molecule has 8 unspecified atom stereocenters. The van der Waals surface area contributed by atoms with Gasteiger partial charge in [-0.05, 0) is 174 Å². The Labute approximate surface area is 844 Å². The Balaban J connectivity index is 0.000000147. The lowest BCUT2D eigenvalue weighted by Gasteiger charge is -2.30. The standard InChI is InChI=1S/C22H23F2N7O.C19H22N2O.C18H17N3O.C17H21N6O3S.C16H22N5O3S.C13H15N3O/c1-5-31-11-16(14-6-7-17(23)18(24)8-14)19(12-31)26-22(32)27-21-13(2)20(28-30(21)4)15-9-25-29(3)10-15;1-21-13-5-8-18(14-21)20-19(22)17-11-9-16(10-12-17)15-6-3-2-4-7-15;19-13-21-11-10-17(12-21)20-18(22)16-8-6-15(7-9-16)14-4-2-1-3-5-14;1-2-21-8-7-15(12-21)20-27(25,26)17-5-3-4-16(10-17)23(24)19-14-6-9-22(11-14)13-18;17-12-20-9-8-14(11-20)18-21(22)15-6-3-7-16(10-15)25(23,24)19-13-4-1-2-5-13;1-10-2-4-11(5-3-10)13(17)15-12-6-7-16(8-12)9-14/h1,6-10,16,19H,11-12H2,2-4H3,(H2,26,27,32);2-4,6-7,9-12,18H,5,8,13-14H2,1H3,(H,20,22);1-9,17H,10-12H2,(H,20,22);1,3-5,10,14-15,20H,6-9,11-12H2,(H,19,24);3,6-7,10,13-14,19H,1-2,4-5,8-9,11H2,(H,18,22);2-5,12H,6-8H2,1H3,(H,15,17)/q;;;2*+1;. The molecule has 8 atom stereocenters. The van der Waals surface area contributed by atoms with Crippen LogP contribution in [0.5, 0.6) is 0 Å². The number of hydrogen-bond donors (Lipinski definition) is 9. The molecule has 1 aliphatic carbocycles. The zero-order chi connectivity index (χ0) is 103. The van der Waals surface area contributed by atoms with E-state index in [2.05, 4.69) is 112 Å². The molecule has 8 aliphatic rings. The van der Waals surface area contributed by atoms with Crippen LogP contribution in [-0.4, -0.2) is 251 Å². The van der Waals surface area contributed by atoms with Gasteiger partial charge in [-0.1, -0.05) is 147 Å². The predicted molar refractivity (Wildman–Crippen MR) is 543 cm³/mol. The lowest BCUT2D eigenvalue weighted by atomic mass is 9.94. The Morgan fingerprint density at radius 1 is 0.428 bits per heavy atom. The number of aromatic nitrogens is 4. The van der Waals surface area contributed by atoms with Gasteiger partial charge in [0, 0.05) is 193 Å². The van der Waals surface area contributed by atoms with E-state index in [0.717, 1.165) is 128 Å². The number of nitroso groups, excluding NO2 is 2. The predicted octanol–water partition coefficient (Wildman–Crippen LogP) is 11.2. The van der Waals surface area contributed by atoms with Gasteiger partial charge in [0.15, 0.2) is 46.1 Å². The first kappa shape index (κ1) is 106. The van der Waals surface area contributed by atoms with E-state index >= 15 is 0 Å². The summed E-state index contributed by atoms with van der Waals surface area (Å²) in [7, 11) is -1.73. The van der Waals surface area contributed by atoms with Crippen molar-refractivity contribution in [3.05, 3.63) is 267 Å². The van der Waals surface area contributed by atoms with Crippen molar-refractivity contribution in [1.29, 1.82) is 21.0 Å². The Morgan fingerprint density at radius 2 is 0.855 bits per heavy atom. The van der Waals surface area contributed by atoms with Crippen molar-refractivity contribution in [3.8, 4) is 83.2 Å². The highest BCUT2D eigenvalue weighted by Crippen LogP contribution is 2.33. The van der Waals surface area contributed by atoms with Gasteiger partial charge in [-0.3, -0.25) is 29.1 Å². The van der Waals surface area contributed by atoms with E-state index < -0.39 is 37.7 Å². The maximum Gasteiger partial charge on any atom is 0.320 e. The fourth-order valence-corrected chi connectivity index (χ4v) is 20.9. The topological polar surface area (TPSA) is 438 Å². The number of rotatable bonds is 24. The van der Waals surface area contributed by atoms with Crippen LogP contribution in [0.2, 0.25) is 0 Å². The number of carbonyl (C=O) groups excluding carboxylic acids is 4. The number of benzene rings is 8. The molecule has 5 amide bonds. The number of aryl methyl sites for hydroxylation is 3. The third kappa shape index (κ3) is 30.1. The number of anilines is 1. The number of likely N-dealkylation sites (N-methyl/N-ethyl adjacent to an activating group) is 1. The van der Waals surface area contributed by atoms with Crippen LogP contribution < -0.4 is 46.9 Å². The van der Waals surface area contributed by atoms with E-state index in [1.165, 1.54) is 48.0 Å². The van der Waals surface area contributed by atoms with Gasteiger partial charge in [-0.25, -0.2) is 39.9 Å². The summed E-state index contributed by atoms with van der Waals surface area (Å²) in [5, 5.41) is 58.8. The number of likely N-dealkylation sites (tertiary alicyclic amines) is 7. The molecule has 7 aliphatic heterocycles. The number of terminal acetylenes is 2. The third-order valence-corrected chi connectivity index (χ3v) is 29.2. The summed E-state index contributed by atoms with van der Waals surface area (Å²) in [4.78, 5) is 87.4. The van der Waals surface area contributed by atoms with Gasteiger partial charge in [-0.2, -0.15) is 31.2 Å². The van der Waals surface area contributed by atoms with Crippen LogP contribution in [0.15, 0.2) is 222 Å². The number of nitrogens with zero attached hydrogens (tertiary/aromatic N) is 17. The molecule has 8 aromatic carbocycles. The van der Waals surface area contributed by atoms with Gasteiger partial charge >= 0.3 is 6.03 Å². The van der Waals surface area contributed by atoms with Crippen LogP contribution in [-0.2, 0) is 34.1 Å². The minimum absolute atomic E-state index is 0.0203. The number of halogens is 2. The SMILES string of the molecule is C#CN1CC(NC(=O)Nc2c(C)c(-c3cnn(C)c3)nn2C)C(c2ccc(F)c(F)c2)C1.C#CN1CCC(NS(=O)(=O)c2cccc([N+](=O)NC3CCN(C#N)C3)c2)C1.CN1CCCC(NC(=O)c2ccc(-c3ccccc3)cc2)C1.Cc1ccc(C(=O)NC2CCN(C#N)C2)cc1.N#CN1CCC(NC(=O)c2ccc(-c3ccccc3)cc2)C1.N#CN1CCC(N[N+](=O)c2cccc(S(=O)(=O)NC3CCCC3)c2)C1. The van der Waals surface area contributed by atoms with Crippen LogP contribution in [0.1, 0.15) is 124 Å². The minimum Gasteiger partial charge on any atom is -0.348 e. The molecule has 7 saturated heterocycles. The van der Waals surface area contributed by atoms with Crippen LogP contribution in [0.25, 0.3) is 33.5 Å². The molecule has 18 rings (SSSR count). The van der Waals surface area contributed by atoms with Gasteiger partial charge in [0.1, 0.15) is 23.6 Å². The molecule has 40 heteroatoms. The summed E-state index contributed by atoms with van der Waals surface area (Å²) in [6.45, 7) is 12.6. The van der Waals surface area contributed by atoms with Crippen molar-refractivity contribution >= 4 is 61.0 Å². The summed E-state index contributed by atoms with van der Waals surface area (Å²) >= 11 is 0. The quantitative estimate of drug-likeness (QED) is 0.0117. The monoisotopic (exact) mass is 2010 g/mol. The fourth-order valence-electron chi connectivity index (χ4n) is 18.2. The van der Waals surface area contributed by atoms with E-state index in [4.69, 9.17) is 33.9 Å².